The van der Waals surface area contributed by atoms with Crippen LogP contribution in [0.5, 0.6) is 5.75 Å². The molecular weight excluding hydrogens is 280 g/mol. The van der Waals surface area contributed by atoms with Crippen LogP contribution in [0, 0.1) is 11.6 Å². The molecule has 0 aliphatic rings. The zero-order chi connectivity index (χ0) is 15.4. The summed E-state index contributed by atoms with van der Waals surface area (Å²) in [5.74, 6) is -2.68. The molecule has 2 rings (SSSR count). The van der Waals surface area contributed by atoms with E-state index >= 15 is 0 Å². The number of hydrogen-bond donors (Lipinski definition) is 2. The fraction of sp³-hybridized carbons (Fsp3) is 0.133. The topological polar surface area (TPSA) is 58.6 Å². The first-order valence-electron chi connectivity index (χ1n) is 6.09. The molecule has 6 heteroatoms. The van der Waals surface area contributed by atoms with Crippen LogP contribution in [-0.2, 0) is 4.79 Å². The van der Waals surface area contributed by atoms with Crippen LogP contribution >= 0.6 is 0 Å². The summed E-state index contributed by atoms with van der Waals surface area (Å²) in [6, 6.07) is 8.39. The van der Waals surface area contributed by atoms with Crippen molar-refractivity contribution < 1.29 is 23.4 Å². The summed E-state index contributed by atoms with van der Waals surface area (Å²) in [7, 11) is 1.52. The summed E-state index contributed by atoms with van der Waals surface area (Å²) < 4.78 is 31.1. The van der Waals surface area contributed by atoms with E-state index in [4.69, 9.17) is 4.74 Å². The molecule has 1 unspecified atom stereocenters. The summed E-state index contributed by atoms with van der Waals surface area (Å²) in [6.07, 6.45) is 0. The predicted molar refractivity (Wildman–Crippen MR) is 73.4 cm³/mol. The van der Waals surface area contributed by atoms with Crippen molar-refractivity contribution in [2.45, 2.75) is 6.04 Å². The Morgan fingerprint density at radius 3 is 2.33 bits per heavy atom. The molecule has 0 aliphatic carbocycles. The van der Waals surface area contributed by atoms with Gasteiger partial charge in [-0.25, -0.2) is 13.6 Å². The summed E-state index contributed by atoms with van der Waals surface area (Å²) >= 11 is 0. The molecule has 21 heavy (non-hydrogen) atoms. The average molecular weight is 293 g/mol. The van der Waals surface area contributed by atoms with Crippen molar-refractivity contribution in [3.8, 4) is 5.75 Å². The molecular formula is C15H13F2NO3. The van der Waals surface area contributed by atoms with Gasteiger partial charge in [0.05, 0.1) is 7.11 Å². The van der Waals surface area contributed by atoms with Crippen molar-refractivity contribution in [3.05, 3.63) is 59.7 Å². The molecule has 0 bridgehead atoms. The van der Waals surface area contributed by atoms with Gasteiger partial charge in [0.1, 0.15) is 5.75 Å². The van der Waals surface area contributed by atoms with E-state index in [0.29, 0.717) is 11.4 Å². The normalized spacial score (nSPS) is 11.8. The van der Waals surface area contributed by atoms with Gasteiger partial charge in [0.15, 0.2) is 17.7 Å². The molecule has 0 saturated carbocycles. The van der Waals surface area contributed by atoms with Gasteiger partial charge in [0.25, 0.3) is 0 Å². The highest BCUT2D eigenvalue weighted by Crippen LogP contribution is 2.23. The minimum absolute atomic E-state index is 0.122. The summed E-state index contributed by atoms with van der Waals surface area (Å²) in [6.45, 7) is 0. The third-order valence-corrected chi connectivity index (χ3v) is 2.92. The maximum absolute atomic E-state index is 13.2. The Morgan fingerprint density at radius 1 is 1.14 bits per heavy atom. The van der Waals surface area contributed by atoms with Gasteiger partial charge in [0, 0.05) is 5.69 Å². The Labute approximate surface area is 120 Å². The van der Waals surface area contributed by atoms with Gasteiger partial charge in [-0.3, -0.25) is 0 Å². The second-order valence-electron chi connectivity index (χ2n) is 4.32. The molecule has 110 valence electrons. The SMILES string of the molecule is COc1ccc(NC(C(=O)O)c2ccc(F)c(F)c2)cc1. The van der Waals surface area contributed by atoms with E-state index in [0.717, 1.165) is 12.1 Å². The Kier molecular flexibility index (Phi) is 4.37. The van der Waals surface area contributed by atoms with Crippen molar-refractivity contribution in [2.75, 3.05) is 12.4 Å². The molecule has 2 N–H and O–H groups in total. The van der Waals surface area contributed by atoms with E-state index in [1.165, 1.54) is 13.2 Å². The smallest absolute Gasteiger partial charge is 0.330 e. The van der Waals surface area contributed by atoms with E-state index in [2.05, 4.69) is 5.32 Å². The van der Waals surface area contributed by atoms with Crippen LogP contribution in [0.4, 0.5) is 14.5 Å². The van der Waals surface area contributed by atoms with Gasteiger partial charge >= 0.3 is 5.97 Å². The summed E-state index contributed by atoms with van der Waals surface area (Å²) in [5, 5.41) is 12.0. The highest BCUT2D eigenvalue weighted by molar-refractivity contribution is 5.79. The largest absolute Gasteiger partial charge is 0.497 e. The predicted octanol–water partition coefficient (Wildman–Crippen LogP) is 3.21. The lowest BCUT2D eigenvalue weighted by atomic mass is 10.1. The number of anilines is 1. The van der Waals surface area contributed by atoms with Crippen LogP contribution in [0.2, 0.25) is 0 Å². The fourth-order valence-electron chi connectivity index (χ4n) is 1.83. The lowest BCUT2D eigenvalue weighted by molar-refractivity contribution is -0.138. The third-order valence-electron chi connectivity index (χ3n) is 2.92. The second kappa shape index (κ2) is 6.21. The Bertz CT molecular complexity index is 644. The molecule has 0 aliphatic heterocycles. The van der Waals surface area contributed by atoms with Crippen molar-refractivity contribution in [1.29, 1.82) is 0 Å². The van der Waals surface area contributed by atoms with Crippen LogP contribution in [0.25, 0.3) is 0 Å². The van der Waals surface area contributed by atoms with Crippen molar-refractivity contribution in [3.63, 3.8) is 0 Å². The number of methoxy groups -OCH3 is 1. The first-order chi connectivity index (χ1) is 10.0. The van der Waals surface area contributed by atoms with Crippen LogP contribution in [-0.4, -0.2) is 18.2 Å². The number of ether oxygens (including phenoxy) is 1. The molecule has 2 aromatic carbocycles. The number of halogens is 2. The molecule has 0 heterocycles. The molecule has 2 aromatic rings. The highest BCUT2D eigenvalue weighted by atomic mass is 19.2. The van der Waals surface area contributed by atoms with Crippen molar-refractivity contribution in [1.82, 2.24) is 0 Å². The van der Waals surface area contributed by atoms with E-state index in [9.17, 15) is 18.7 Å². The molecule has 0 spiro atoms. The molecule has 0 fully saturated rings. The lowest BCUT2D eigenvalue weighted by Gasteiger charge is -2.16. The standard InChI is InChI=1S/C15H13F2NO3/c1-21-11-5-3-10(4-6-11)18-14(15(19)20)9-2-7-12(16)13(17)8-9/h2-8,14,18H,1H3,(H,19,20). The van der Waals surface area contributed by atoms with Crippen LogP contribution < -0.4 is 10.1 Å². The summed E-state index contributed by atoms with van der Waals surface area (Å²) in [5.41, 5.74) is 0.644. The van der Waals surface area contributed by atoms with Gasteiger partial charge in [-0.05, 0) is 42.0 Å². The fourth-order valence-corrected chi connectivity index (χ4v) is 1.83. The van der Waals surface area contributed by atoms with Gasteiger partial charge in [-0.2, -0.15) is 0 Å². The number of carboxylic acid groups (broad SMARTS) is 1. The zero-order valence-electron chi connectivity index (χ0n) is 11.1. The molecule has 4 nitrogen and oxygen atoms in total. The minimum Gasteiger partial charge on any atom is -0.497 e. The van der Waals surface area contributed by atoms with E-state index in [1.807, 2.05) is 0 Å². The van der Waals surface area contributed by atoms with E-state index < -0.39 is 23.6 Å². The first-order valence-corrected chi connectivity index (χ1v) is 6.09. The van der Waals surface area contributed by atoms with Crippen LogP contribution in [0.1, 0.15) is 11.6 Å². The number of nitrogens with one attached hydrogen (secondary N) is 1. The number of rotatable bonds is 5. The Hall–Kier alpha value is -2.63. The number of aliphatic carboxylic acids is 1. The quantitative estimate of drug-likeness (QED) is 0.888. The Morgan fingerprint density at radius 2 is 1.81 bits per heavy atom. The molecule has 0 amide bonds. The van der Waals surface area contributed by atoms with Gasteiger partial charge in [-0.15, -0.1) is 0 Å². The van der Waals surface area contributed by atoms with Crippen LogP contribution in [0.15, 0.2) is 42.5 Å². The Balaban J connectivity index is 2.26. The molecule has 1 atom stereocenters. The lowest BCUT2D eigenvalue weighted by Crippen LogP contribution is -2.20. The number of benzene rings is 2. The van der Waals surface area contributed by atoms with Gasteiger partial charge < -0.3 is 15.2 Å². The van der Waals surface area contributed by atoms with Crippen molar-refractivity contribution >= 4 is 11.7 Å². The second-order valence-corrected chi connectivity index (χ2v) is 4.32. The maximum Gasteiger partial charge on any atom is 0.330 e. The van der Waals surface area contributed by atoms with E-state index in [1.54, 1.807) is 24.3 Å². The molecule has 0 aromatic heterocycles. The average Bonchev–Trinajstić information content (AvgIpc) is 2.48. The molecule has 0 saturated heterocycles. The third kappa shape index (κ3) is 3.47. The number of carbonyl (C=O) groups is 1. The van der Waals surface area contributed by atoms with Gasteiger partial charge in [-0.1, -0.05) is 6.07 Å². The van der Waals surface area contributed by atoms with Gasteiger partial charge in [0.2, 0.25) is 0 Å². The van der Waals surface area contributed by atoms with Crippen LogP contribution in [0.3, 0.4) is 0 Å². The van der Waals surface area contributed by atoms with E-state index in [-0.39, 0.29) is 5.56 Å². The number of carboxylic acids is 1. The molecule has 0 radical (unpaired) electrons. The number of hydrogen-bond acceptors (Lipinski definition) is 3. The zero-order valence-corrected chi connectivity index (χ0v) is 11.1. The summed E-state index contributed by atoms with van der Waals surface area (Å²) in [4.78, 5) is 11.3. The maximum atomic E-state index is 13.2. The monoisotopic (exact) mass is 293 g/mol. The highest BCUT2D eigenvalue weighted by Gasteiger charge is 2.21. The first kappa shape index (κ1) is 14.8. The minimum atomic E-state index is -1.20. The van der Waals surface area contributed by atoms with Crippen molar-refractivity contribution in [2.24, 2.45) is 0 Å².